The summed E-state index contributed by atoms with van der Waals surface area (Å²) in [7, 11) is 0. The van der Waals surface area contributed by atoms with Gasteiger partial charge in [-0.3, -0.25) is 20.4 Å². The van der Waals surface area contributed by atoms with Crippen molar-refractivity contribution in [2.75, 3.05) is 6.61 Å². The van der Waals surface area contributed by atoms with Crippen molar-refractivity contribution in [2.45, 2.75) is 27.3 Å². The Morgan fingerprint density at radius 2 is 2.04 bits per heavy atom. The third kappa shape index (κ3) is 5.37. The number of carbonyl (C=O) groups is 3. The van der Waals surface area contributed by atoms with Crippen molar-refractivity contribution in [1.82, 2.24) is 15.4 Å². The van der Waals surface area contributed by atoms with E-state index in [-0.39, 0.29) is 0 Å². The molecule has 2 amide bonds. The van der Waals surface area contributed by atoms with E-state index in [4.69, 9.17) is 9.15 Å². The Labute approximate surface area is 150 Å². The van der Waals surface area contributed by atoms with E-state index < -0.39 is 24.4 Å². The predicted molar refractivity (Wildman–Crippen MR) is 93.7 cm³/mol. The van der Waals surface area contributed by atoms with Crippen molar-refractivity contribution < 1.29 is 23.5 Å². The Hall–Kier alpha value is -3.29. The number of hydrogen-bond acceptors (Lipinski definition) is 5. The minimum absolute atomic E-state index is 0.422. The van der Waals surface area contributed by atoms with Crippen LogP contribution in [0.5, 0.6) is 0 Å². The average Bonchev–Trinajstić information content (AvgIpc) is 3.20. The third-order valence-corrected chi connectivity index (χ3v) is 3.63. The van der Waals surface area contributed by atoms with E-state index in [9.17, 15) is 14.4 Å². The maximum Gasteiger partial charge on any atom is 0.331 e. The first kappa shape index (κ1) is 19.0. The first-order valence-corrected chi connectivity index (χ1v) is 7.96. The molecule has 2 N–H and O–H groups in total. The summed E-state index contributed by atoms with van der Waals surface area (Å²) >= 11 is 0. The number of hydrogen-bond donors (Lipinski definition) is 2. The molecular formula is C18H21N3O5. The van der Waals surface area contributed by atoms with Crippen LogP contribution in [0, 0.1) is 13.8 Å². The number of esters is 1. The number of nitrogens with one attached hydrogen (secondary N) is 2. The van der Waals surface area contributed by atoms with Crippen LogP contribution in [0.15, 0.2) is 35.0 Å². The van der Waals surface area contributed by atoms with E-state index in [1.54, 1.807) is 12.3 Å². The van der Waals surface area contributed by atoms with Crippen molar-refractivity contribution in [2.24, 2.45) is 0 Å². The molecule has 0 saturated carbocycles. The smallest absolute Gasteiger partial charge is 0.331 e. The molecular weight excluding hydrogens is 338 g/mol. The normalized spacial score (nSPS) is 10.7. The lowest BCUT2D eigenvalue weighted by atomic mass is 10.2. The molecule has 0 bridgehead atoms. The average molecular weight is 359 g/mol. The van der Waals surface area contributed by atoms with E-state index in [0.717, 1.165) is 22.7 Å². The van der Waals surface area contributed by atoms with Crippen LogP contribution in [0.2, 0.25) is 0 Å². The van der Waals surface area contributed by atoms with Crippen molar-refractivity contribution >= 4 is 23.9 Å². The largest absolute Gasteiger partial charge is 0.467 e. The van der Waals surface area contributed by atoms with Gasteiger partial charge in [-0.25, -0.2) is 4.79 Å². The molecule has 8 heteroatoms. The van der Waals surface area contributed by atoms with Crippen LogP contribution in [0.1, 0.15) is 29.6 Å². The molecule has 2 rings (SSSR count). The second kappa shape index (κ2) is 8.70. The van der Waals surface area contributed by atoms with Gasteiger partial charge in [-0.15, -0.1) is 0 Å². The molecule has 0 aliphatic rings. The van der Waals surface area contributed by atoms with Crippen molar-refractivity contribution in [3.63, 3.8) is 0 Å². The van der Waals surface area contributed by atoms with Gasteiger partial charge in [-0.05, 0) is 43.7 Å². The fourth-order valence-corrected chi connectivity index (χ4v) is 2.33. The van der Waals surface area contributed by atoms with E-state index in [0.29, 0.717) is 6.54 Å². The Balaban J connectivity index is 1.92. The summed E-state index contributed by atoms with van der Waals surface area (Å²) in [5, 5.41) is 0. The fourth-order valence-electron chi connectivity index (χ4n) is 2.33. The zero-order chi connectivity index (χ0) is 19.1. The molecule has 0 aliphatic heterocycles. The number of ether oxygens (including phenoxy) is 1. The van der Waals surface area contributed by atoms with Gasteiger partial charge in [0.05, 0.1) is 12.8 Å². The van der Waals surface area contributed by atoms with Gasteiger partial charge in [0.15, 0.2) is 6.61 Å². The van der Waals surface area contributed by atoms with Crippen molar-refractivity contribution in [3.8, 4) is 0 Å². The van der Waals surface area contributed by atoms with Crippen LogP contribution in [-0.4, -0.2) is 29.0 Å². The Kier molecular flexibility index (Phi) is 6.37. The highest BCUT2D eigenvalue weighted by Crippen LogP contribution is 2.18. The van der Waals surface area contributed by atoms with E-state index in [2.05, 4.69) is 15.4 Å². The topological polar surface area (TPSA) is 103 Å². The highest BCUT2D eigenvalue weighted by atomic mass is 16.5. The molecule has 2 aromatic heterocycles. The second-order valence-corrected chi connectivity index (χ2v) is 5.66. The Morgan fingerprint density at radius 3 is 2.69 bits per heavy atom. The van der Waals surface area contributed by atoms with Gasteiger partial charge < -0.3 is 13.7 Å². The number of rotatable bonds is 6. The molecule has 0 unspecified atom stereocenters. The predicted octanol–water partition coefficient (Wildman–Crippen LogP) is 1.47. The molecule has 2 aromatic rings. The highest BCUT2D eigenvalue weighted by Gasteiger charge is 2.10. The molecule has 138 valence electrons. The van der Waals surface area contributed by atoms with Crippen molar-refractivity contribution in [3.05, 3.63) is 53.2 Å². The minimum Gasteiger partial charge on any atom is -0.467 e. The number of furan rings is 1. The monoisotopic (exact) mass is 359 g/mol. The van der Waals surface area contributed by atoms with Gasteiger partial charge in [0.1, 0.15) is 5.76 Å². The van der Waals surface area contributed by atoms with Gasteiger partial charge in [-0.1, -0.05) is 0 Å². The quantitative estimate of drug-likeness (QED) is 0.462. The first-order valence-electron chi connectivity index (χ1n) is 7.96. The lowest BCUT2D eigenvalue weighted by Gasteiger charge is -2.07. The van der Waals surface area contributed by atoms with E-state index >= 15 is 0 Å². The molecule has 2 heterocycles. The van der Waals surface area contributed by atoms with Crippen LogP contribution < -0.4 is 10.9 Å². The molecule has 26 heavy (non-hydrogen) atoms. The van der Waals surface area contributed by atoms with E-state index in [1.807, 2.05) is 32.0 Å². The molecule has 0 saturated heterocycles. The lowest BCUT2D eigenvalue weighted by molar-refractivity contribution is -0.144. The van der Waals surface area contributed by atoms with Crippen LogP contribution in [0.4, 0.5) is 0 Å². The number of aryl methyl sites for hydroxylation is 1. The molecule has 0 fully saturated rings. The van der Waals surface area contributed by atoms with Crippen LogP contribution in [0.3, 0.4) is 0 Å². The first-order chi connectivity index (χ1) is 12.4. The second-order valence-electron chi connectivity index (χ2n) is 5.66. The summed E-state index contributed by atoms with van der Waals surface area (Å²) in [4.78, 5) is 33.7. The third-order valence-electron chi connectivity index (χ3n) is 3.63. The number of hydrazine groups is 1. The van der Waals surface area contributed by atoms with Crippen LogP contribution in [0.25, 0.3) is 6.08 Å². The van der Waals surface area contributed by atoms with Crippen molar-refractivity contribution in [1.29, 1.82) is 0 Å². The Morgan fingerprint density at radius 1 is 1.27 bits per heavy atom. The van der Waals surface area contributed by atoms with Gasteiger partial charge in [0.2, 0.25) is 5.91 Å². The molecule has 0 radical (unpaired) electrons. The number of aromatic nitrogens is 1. The molecule has 0 aliphatic carbocycles. The summed E-state index contributed by atoms with van der Waals surface area (Å²) in [5.41, 5.74) is 7.08. The van der Waals surface area contributed by atoms with Gasteiger partial charge >= 0.3 is 5.97 Å². The maximum absolute atomic E-state index is 11.7. The van der Waals surface area contributed by atoms with Crippen LogP contribution in [-0.2, 0) is 25.7 Å². The highest BCUT2D eigenvalue weighted by molar-refractivity contribution is 5.89. The maximum atomic E-state index is 11.7. The summed E-state index contributed by atoms with van der Waals surface area (Å²) in [5.74, 6) is -0.862. The fraction of sp³-hybridized carbons (Fsp3) is 0.278. The van der Waals surface area contributed by atoms with Gasteiger partial charge in [0.25, 0.3) is 5.91 Å². The zero-order valence-corrected chi connectivity index (χ0v) is 14.9. The summed E-state index contributed by atoms with van der Waals surface area (Å²) in [6.45, 7) is 5.28. The number of carbonyl (C=O) groups excluding carboxylic acids is 3. The number of amides is 2. The van der Waals surface area contributed by atoms with Gasteiger partial charge in [-0.2, -0.15) is 0 Å². The summed E-state index contributed by atoms with van der Waals surface area (Å²) in [6.07, 6.45) is 4.52. The van der Waals surface area contributed by atoms with Crippen LogP contribution >= 0.6 is 0 Å². The standard InChI is InChI=1S/C18H21N3O5/c1-12-9-15(13(2)21(12)10-16-5-4-8-25-16)6-7-18(24)26-11-17(23)20-19-14(3)22/h4-9H,10-11H2,1-3H3,(H,19,22)(H,20,23)/b7-6+. The number of nitrogens with zero attached hydrogens (tertiary/aromatic N) is 1. The molecule has 0 atom stereocenters. The lowest BCUT2D eigenvalue weighted by Crippen LogP contribution is -2.42. The summed E-state index contributed by atoms with van der Waals surface area (Å²) in [6, 6.07) is 5.69. The molecule has 8 nitrogen and oxygen atoms in total. The zero-order valence-electron chi connectivity index (χ0n) is 14.9. The molecule has 0 aromatic carbocycles. The Bertz CT molecular complexity index is 818. The van der Waals surface area contributed by atoms with Gasteiger partial charge in [0, 0.05) is 24.4 Å². The van der Waals surface area contributed by atoms with E-state index in [1.165, 1.54) is 13.0 Å². The molecule has 0 spiro atoms. The summed E-state index contributed by atoms with van der Waals surface area (Å²) < 4.78 is 12.3. The SMILES string of the molecule is CC(=O)NNC(=O)COC(=O)/C=C/c1cc(C)n(Cc2ccco2)c1C. The minimum atomic E-state index is -0.654.